The Balaban J connectivity index is 2.33. The number of piperazine rings is 1. The summed E-state index contributed by atoms with van der Waals surface area (Å²) in [5.41, 5.74) is -0.403. The highest BCUT2D eigenvalue weighted by atomic mass is 32.1. The van der Waals surface area contributed by atoms with Gasteiger partial charge in [-0.05, 0) is 20.8 Å². The second-order valence-electron chi connectivity index (χ2n) is 5.03. The number of carbonyl (C=O) groups is 1. The van der Waals surface area contributed by atoms with E-state index in [0.29, 0.717) is 0 Å². The predicted molar refractivity (Wildman–Crippen MR) is 68.1 cm³/mol. The van der Waals surface area contributed by atoms with Crippen LogP contribution in [0.15, 0.2) is 0 Å². The minimum atomic E-state index is -0.403. The summed E-state index contributed by atoms with van der Waals surface area (Å²) in [5, 5.41) is 0. The van der Waals surface area contributed by atoms with Crippen LogP contribution in [0.5, 0.6) is 0 Å². The van der Waals surface area contributed by atoms with Crippen molar-refractivity contribution < 1.29 is 9.53 Å². The molecule has 1 amide bonds. The summed E-state index contributed by atoms with van der Waals surface area (Å²) in [6.07, 6.45) is -0.196. The van der Waals surface area contributed by atoms with Crippen LogP contribution in [0.3, 0.4) is 0 Å². The molecular weight excluding hydrogens is 224 g/mol. The summed E-state index contributed by atoms with van der Waals surface area (Å²) >= 11 is 4.20. The third-order valence-corrected chi connectivity index (χ3v) is 2.64. The van der Waals surface area contributed by atoms with Crippen LogP contribution in [0.1, 0.15) is 20.8 Å². The van der Waals surface area contributed by atoms with E-state index in [0.717, 1.165) is 38.5 Å². The fourth-order valence-corrected chi connectivity index (χ4v) is 1.90. The number of hydrogen-bond donors (Lipinski definition) is 1. The van der Waals surface area contributed by atoms with Gasteiger partial charge in [-0.3, -0.25) is 4.90 Å². The van der Waals surface area contributed by atoms with Crippen LogP contribution in [-0.2, 0) is 4.74 Å². The smallest absolute Gasteiger partial charge is 0.410 e. The van der Waals surface area contributed by atoms with Gasteiger partial charge in [-0.2, -0.15) is 12.6 Å². The number of carbonyl (C=O) groups excluding carboxylic acids is 1. The first-order chi connectivity index (χ1) is 7.42. The third-order valence-electron chi connectivity index (χ3n) is 2.44. The minimum absolute atomic E-state index is 0.196. The summed E-state index contributed by atoms with van der Waals surface area (Å²) in [6, 6.07) is 0. The molecule has 0 aromatic rings. The summed E-state index contributed by atoms with van der Waals surface area (Å²) in [4.78, 5) is 15.8. The van der Waals surface area contributed by atoms with Gasteiger partial charge in [-0.1, -0.05) is 0 Å². The zero-order valence-electron chi connectivity index (χ0n) is 10.4. The molecule has 1 saturated heterocycles. The van der Waals surface area contributed by atoms with Crippen LogP contribution in [0.2, 0.25) is 0 Å². The normalized spacial score (nSPS) is 18.6. The Morgan fingerprint density at radius 3 is 2.25 bits per heavy atom. The number of nitrogens with zero attached hydrogens (tertiary/aromatic N) is 2. The Hall–Kier alpha value is -0.420. The molecule has 0 radical (unpaired) electrons. The van der Waals surface area contributed by atoms with E-state index in [2.05, 4.69) is 17.5 Å². The maximum absolute atomic E-state index is 11.7. The van der Waals surface area contributed by atoms with Gasteiger partial charge in [0.2, 0.25) is 0 Å². The lowest BCUT2D eigenvalue weighted by Gasteiger charge is -2.35. The average Bonchev–Trinajstić information content (AvgIpc) is 2.16. The second-order valence-corrected chi connectivity index (χ2v) is 5.48. The fraction of sp³-hybridized carbons (Fsp3) is 0.909. The Kier molecular flexibility index (Phi) is 4.92. The summed E-state index contributed by atoms with van der Waals surface area (Å²) in [5.74, 6) is 0.867. The Morgan fingerprint density at radius 2 is 1.81 bits per heavy atom. The molecule has 0 aromatic carbocycles. The highest BCUT2D eigenvalue weighted by molar-refractivity contribution is 7.80. The molecule has 1 heterocycles. The van der Waals surface area contributed by atoms with Gasteiger partial charge in [0.25, 0.3) is 0 Å². The molecule has 0 spiro atoms. The van der Waals surface area contributed by atoms with Crippen LogP contribution in [0, 0.1) is 0 Å². The van der Waals surface area contributed by atoms with Gasteiger partial charge in [0.05, 0.1) is 0 Å². The molecule has 16 heavy (non-hydrogen) atoms. The molecule has 1 fully saturated rings. The first-order valence-electron chi connectivity index (χ1n) is 5.73. The van der Waals surface area contributed by atoms with Crippen molar-refractivity contribution in [2.24, 2.45) is 0 Å². The summed E-state index contributed by atoms with van der Waals surface area (Å²) < 4.78 is 5.33. The molecule has 5 heteroatoms. The van der Waals surface area contributed by atoms with E-state index >= 15 is 0 Å². The van der Waals surface area contributed by atoms with Gasteiger partial charge in [0, 0.05) is 38.5 Å². The minimum Gasteiger partial charge on any atom is -0.444 e. The van der Waals surface area contributed by atoms with Crippen molar-refractivity contribution >= 4 is 18.7 Å². The predicted octanol–water partition coefficient (Wildman–Crippen LogP) is 1.47. The monoisotopic (exact) mass is 246 g/mol. The number of amides is 1. The standard InChI is InChI=1S/C11H22N2O2S/c1-11(2,3)15-10(14)13-6-4-12(5-7-13)8-9-16/h16H,4-9H2,1-3H3. The first kappa shape index (κ1) is 13.6. The molecule has 94 valence electrons. The van der Waals surface area contributed by atoms with E-state index in [9.17, 15) is 4.79 Å². The molecule has 4 nitrogen and oxygen atoms in total. The van der Waals surface area contributed by atoms with Gasteiger partial charge in [-0.15, -0.1) is 0 Å². The lowest BCUT2D eigenvalue weighted by atomic mass is 10.2. The molecule has 0 N–H and O–H groups in total. The van der Waals surface area contributed by atoms with Crippen molar-refractivity contribution in [3.05, 3.63) is 0 Å². The second kappa shape index (κ2) is 5.77. The van der Waals surface area contributed by atoms with Crippen LogP contribution in [0.4, 0.5) is 4.79 Å². The van der Waals surface area contributed by atoms with Crippen molar-refractivity contribution in [3.8, 4) is 0 Å². The molecule has 0 unspecified atom stereocenters. The maximum Gasteiger partial charge on any atom is 0.410 e. The van der Waals surface area contributed by atoms with Crippen molar-refractivity contribution in [2.75, 3.05) is 38.5 Å². The largest absolute Gasteiger partial charge is 0.444 e. The molecule has 0 aliphatic carbocycles. The fourth-order valence-electron chi connectivity index (χ4n) is 1.62. The number of ether oxygens (including phenoxy) is 1. The van der Waals surface area contributed by atoms with E-state index in [1.807, 2.05) is 20.8 Å². The molecule has 1 aliphatic rings. The van der Waals surface area contributed by atoms with E-state index in [4.69, 9.17) is 4.74 Å². The summed E-state index contributed by atoms with van der Waals surface area (Å²) in [7, 11) is 0. The van der Waals surface area contributed by atoms with Gasteiger partial charge < -0.3 is 9.64 Å². The van der Waals surface area contributed by atoms with Crippen molar-refractivity contribution in [1.82, 2.24) is 9.80 Å². The van der Waals surface area contributed by atoms with Gasteiger partial charge in [0.15, 0.2) is 0 Å². The highest BCUT2D eigenvalue weighted by Gasteiger charge is 2.25. The lowest BCUT2D eigenvalue weighted by Crippen LogP contribution is -2.50. The number of rotatable bonds is 2. The van der Waals surface area contributed by atoms with Crippen LogP contribution in [0.25, 0.3) is 0 Å². The zero-order valence-corrected chi connectivity index (χ0v) is 11.3. The van der Waals surface area contributed by atoms with Gasteiger partial charge in [0.1, 0.15) is 5.60 Å². The molecule has 0 aromatic heterocycles. The average molecular weight is 246 g/mol. The summed E-state index contributed by atoms with van der Waals surface area (Å²) in [6.45, 7) is 10.0. The van der Waals surface area contributed by atoms with E-state index in [-0.39, 0.29) is 6.09 Å². The van der Waals surface area contributed by atoms with Crippen molar-refractivity contribution in [1.29, 1.82) is 0 Å². The van der Waals surface area contributed by atoms with Crippen molar-refractivity contribution in [2.45, 2.75) is 26.4 Å². The molecule has 0 saturated carbocycles. The third kappa shape index (κ3) is 4.61. The number of thiol groups is 1. The zero-order chi connectivity index (χ0) is 12.2. The van der Waals surface area contributed by atoms with Crippen LogP contribution >= 0.6 is 12.6 Å². The Morgan fingerprint density at radius 1 is 1.25 bits per heavy atom. The molecule has 1 rings (SSSR count). The van der Waals surface area contributed by atoms with Crippen LogP contribution in [-0.4, -0.2) is 60.0 Å². The Bertz CT molecular complexity index is 233. The first-order valence-corrected chi connectivity index (χ1v) is 6.37. The Labute approximate surface area is 103 Å². The van der Waals surface area contributed by atoms with E-state index in [1.54, 1.807) is 4.90 Å². The molecule has 0 atom stereocenters. The van der Waals surface area contributed by atoms with Gasteiger partial charge in [-0.25, -0.2) is 4.79 Å². The lowest BCUT2D eigenvalue weighted by molar-refractivity contribution is 0.0150. The van der Waals surface area contributed by atoms with E-state index < -0.39 is 5.60 Å². The van der Waals surface area contributed by atoms with E-state index in [1.165, 1.54) is 0 Å². The maximum atomic E-state index is 11.7. The molecule has 0 bridgehead atoms. The topological polar surface area (TPSA) is 32.8 Å². The quantitative estimate of drug-likeness (QED) is 0.749. The highest BCUT2D eigenvalue weighted by Crippen LogP contribution is 2.11. The van der Waals surface area contributed by atoms with Crippen molar-refractivity contribution in [3.63, 3.8) is 0 Å². The van der Waals surface area contributed by atoms with Gasteiger partial charge >= 0.3 is 6.09 Å². The van der Waals surface area contributed by atoms with Crippen LogP contribution < -0.4 is 0 Å². The molecule has 1 aliphatic heterocycles. The SMILES string of the molecule is CC(C)(C)OC(=O)N1CCN(CCS)CC1. The molecular formula is C11H22N2O2S. The number of hydrogen-bond acceptors (Lipinski definition) is 4.